The van der Waals surface area contributed by atoms with Gasteiger partial charge in [0, 0.05) is 0 Å². The van der Waals surface area contributed by atoms with Gasteiger partial charge >= 0.3 is 0 Å². The first-order valence-electron chi connectivity index (χ1n) is 8.07. The van der Waals surface area contributed by atoms with Gasteiger partial charge in [0.15, 0.2) is 10.7 Å². The van der Waals surface area contributed by atoms with E-state index in [9.17, 15) is 0 Å². The van der Waals surface area contributed by atoms with Crippen LogP contribution < -0.4 is 22.0 Å². The van der Waals surface area contributed by atoms with E-state index in [1.807, 2.05) is 55.2 Å². The summed E-state index contributed by atoms with van der Waals surface area (Å²) >= 11 is 1.64. The van der Waals surface area contributed by atoms with Gasteiger partial charge in [-0.3, -0.25) is 4.99 Å². The van der Waals surface area contributed by atoms with Crippen molar-refractivity contribution >= 4 is 23.8 Å². The van der Waals surface area contributed by atoms with Crippen LogP contribution in [0.2, 0.25) is 0 Å². The smallest absolute Gasteiger partial charge is 0.244 e. The Morgan fingerprint density at radius 2 is 1.92 bits per heavy atom. The number of amidine groups is 1. The minimum Gasteiger partial charge on any atom is -1.00 e. The number of hydrogen-bond acceptors (Lipinski definition) is 4. The van der Waals surface area contributed by atoms with E-state index in [4.69, 9.17) is 9.73 Å². The van der Waals surface area contributed by atoms with Crippen molar-refractivity contribution in [2.24, 2.45) is 9.98 Å². The molecule has 0 aromatic heterocycles. The highest BCUT2D eigenvalue weighted by atomic mass is 35.5. The highest BCUT2D eigenvalue weighted by Gasteiger charge is 2.32. The standard InChI is InChI=1S/C20H17N3OS.ClH/c1-25-20-18-13-21-10-11-23(18)19(22-20)16-8-5-9-17(12-16)24-14-15-6-3-2-4-7-15;/h2-13H,14H2,1H3;1H. The van der Waals surface area contributed by atoms with Gasteiger partial charge in [-0.15, -0.1) is 11.8 Å². The van der Waals surface area contributed by atoms with Crippen LogP contribution in [0.1, 0.15) is 11.1 Å². The van der Waals surface area contributed by atoms with Gasteiger partial charge in [0.2, 0.25) is 5.84 Å². The number of quaternary nitrogens is 1. The van der Waals surface area contributed by atoms with Crippen LogP contribution in [-0.4, -0.2) is 18.3 Å². The fourth-order valence-corrected chi connectivity index (χ4v) is 3.41. The molecule has 0 radical (unpaired) electrons. The third-order valence-corrected chi connectivity index (χ3v) is 4.77. The number of hydrogen-bond donors (Lipinski definition) is 1. The van der Waals surface area contributed by atoms with E-state index >= 15 is 0 Å². The summed E-state index contributed by atoms with van der Waals surface area (Å²) < 4.78 is 5.95. The van der Waals surface area contributed by atoms with E-state index in [1.54, 1.807) is 11.8 Å². The molecule has 0 aliphatic carbocycles. The molecular weight excluding hydrogens is 366 g/mol. The van der Waals surface area contributed by atoms with Crippen molar-refractivity contribution in [3.63, 3.8) is 0 Å². The van der Waals surface area contributed by atoms with Crippen molar-refractivity contribution in [1.29, 1.82) is 0 Å². The Labute approximate surface area is 163 Å². The maximum absolute atomic E-state index is 5.95. The second-order valence-corrected chi connectivity index (χ2v) is 6.49. The third-order valence-electron chi connectivity index (χ3n) is 4.07. The summed E-state index contributed by atoms with van der Waals surface area (Å²) in [5.74, 6) is 1.82. The highest BCUT2D eigenvalue weighted by molar-refractivity contribution is 8.02. The number of rotatable bonds is 5. The number of benzene rings is 2. The van der Waals surface area contributed by atoms with Gasteiger partial charge in [0.05, 0.1) is 18.0 Å². The van der Waals surface area contributed by atoms with Crippen LogP contribution in [-0.2, 0) is 6.61 Å². The molecule has 1 N–H and O–H groups in total. The molecule has 132 valence electrons. The molecule has 6 heteroatoms. The molecular formula is C20H18ClN3OS. The molecule has 0 fully saturated rings. The Kier molecular flexibility index (Phi) is 5.93. The van der Waals surface area contributed by atoms with Crippen molar-refractivity contribution in [1.82, 2.24) is 0 Å². The van der Waals surface area contributed by atoms with Crippen LogP contribution in [0.25, 0.3) is 0 Å². The number of allylic oxidation sites excluding steroid dienone is 1. The molecule has 2 aromatic carbocycles. The van der Waals surface area contributed by atoms with Gasteiger partial charge < -0.3 is 17.1 Å². The van der Waals surface area contributed by atoms with Crippen LogP contribution in [0.4, 0.5) is 0 Å². The molecule has 0 amide bonds. The predicted octanol–water partition coefficient (Wildman–Crippen LogP) is 0.00240. The normalized spacial score (nSPS) is 17.6. The lowest BCUT2D eigenvalue weighted by Gasteiger charge is -2.13. The molecule has 0 spiro atoms. The zero-order chi connectivity index (χ0) is 17.1. The van der Waals surface area contributed by atoms with Crippen LogP contribution >= 0.6 is 11.8 Å². The fraction of sp³-hybridized carbons (Fsp3) is 0.100. The molecule has 4 nitrogen and oxygen atoms in total. The third kappa shape index (κ3) is 3.75. The van der Waals surface area contributed by atoms with Crippen molar-refractivity contribution in [3.05, 3.63) is 88.9 Å². The minimum atomic E-state index is 0. The first-order chi connectivity index (χ1) is 12.3. The topological polar surface area (TPSA) is 38.4 Å². The van der Waals surface area contributed by atoms with Crippen molar-refractivity contribution < 1.29 is 22.0 Å². The number of ether oxygens (including phenoxy) is 1. The quantitative estimate of drug-likeness (QED) is 0.789. The van der Waals surface area contributed by atoms with Crippen molar-refractivity contribution in [2.75, 3.05) is 6.26 Å². The largest absolute Gasteiger partial charge is 1.00 e. The summed E-state index contributed by atoms with van der Waals surface area (Å²) in [4.78, 5) is 10.2. The maximum atomic E-state index is 5.95. The zero-order valence-electron chi connectivity index (χ0n) is 14.2. The van der Waals surface area contributed by atoms with Gasteiger partial charge in [0.1, 0.15) is 18.6 Å². The van der Waals surface area contributed by atoms with E-state index in [0.717, 1.165) is 38.3 Å². The fourth-order valence-electron chi connectivity index (χ4n) is 2.84. The lowest BCUT2D eigenvalue weighted by atomic mass is 10.1. The summed E-state index contributed by atoms with van der Waals surface area (Å²) in [6.45, 7) is 0.555. The van der Waals surface area contributed by atoms with Gasteiger partial charge in [-0.25, -0.2) is 4.90 Å². The van der Waals surface area contributed by atoms with E-state index in [-0.39, 0.29) is 12.4 Å². The van der Waals surface area contributed by atoms with Crippen LogP contribution in [0, 0.1) is 0 Å². The molecule has 0 bridgehead atoms. The molecule has 2 aliphatic rings. The Bertz CT molecular complexity index is 906. The molecule has 26 heavy (non-hydrogen) atoms. The highest BCUT2D eigenvalue weighted by Crippen LogP contribution is 2.22. The summed E-state index contributed by atoms with van der Waals surface area (Å²) in [6, 6.07) is 18.3. The van der Waals surface area contributed by atoms with Crippen molar-refractivity contribution in [3.8, 4) is 5.75 Å². The summed E-state index contributed by atoms with van der Waals surface area (Å²) in [6.07, 6.45) is 7.76. The van der Waals surface area contributed by atoms with Gasteiger partial charge in [-0.1, -0.05) is 36.4 Å². The zero-order valence-corrected chi connectivity index (χ0v) is 15.8. The second-order valence-electron chi connectivity index (χ2n) is 5.69. The van der Waals surface area contributed by atoms with Gasteiger partial charge in [-0.2, -0.15) is 4.99 Å². The van der Waals surface area contributed by atoms with E-state index in [1.165, 1.54) is 0 Å². The lowest BCUT2D eigenvalue weighted by molar-refractivity contribution is -0.689. The van der Waals surface area contributed by atoms with Crippen LogP contribution in [0.15, 0.2) is 87.7 Å². The van der Waals surface area contributed by atoms with Crippen LogP contribution in [0.5, 0.6) is 5.75 Å². The molecule has 0 saturated heterocycles. The number of aliphatic imine (C=N–C) groups is 2. The van der Waals surface area contributed by atoms with Gasteiger partial charge in [0.25, 0.3) is 0 Å². The summed E-state index contributed by atoms with van der Waals surface area (Å²) in [5, 5.41) is 1.01. The lowest BCUT2D eigenvalue weighted by Crippen LogP contribution is -3.08. The summed E-state index contributed by atoms with van der Waals surface area (Å²) in [5.41, 5.74) is 3.31. The molecule has 0 saturated carbocycles. The maximum Gasteiger partial charge on any atom is 0.244 e. The molecule has 1 unspecified atom stereocenters. The summed E-state index contributed by atoms with van der Waals surface area (Å²) in [7, 11) is 0. The number of nitrogens with one attached hydrogen (secondary N) is 1. The SMILES string of the molecule is CSC1=C2C=NC=C[NH+]2C(c2cccc(OCc3ccccc3)c2)=N1.[Cl-]. The van der Waals surface area contributed by atoms with E-state index in [2.05, 4.69) is 29.3 Å². The number of fused-ring (bicyclic) bond motifs is 1. The Morgan fingerprint density at radius 3 is 2.73 bits per heavy atom. The monoisotopic (exact) mass is 383 g/mol. The Hall–Kier alpha value is -2.34. The van der Waals surface area contributed by atoms with Gasteiger partial charge in [-0.05, 0) is 30.0 Å². The second kappa shape index (κ2) is 8.36. The molecule has 4 rings (SSSR count). The first-order valence-corrected chi connectivity index (χ1v) is 9.29. The average molecular weight is 384 g/mol. The minimum absolute atomic E-state index is 0. The number of nitrogens with zero attached hydrogens (tertiary/aromatic N) is 2. The van der Waals surface area contributed by atoms with E-state index < -0.39 is 0 Å². The molecule has 2 aliphatic heterocycles. The number of thioether (sulfide) groups is 1. The Morgan fingerprint density at radius 1 is 1.08 bits per heavy atom. The first kappa shape index (κ1) is 18.5. The Balaban J connectivity index is 0.00000196. The predicted molar refractivity (Wildman–Crippen MR) is 103 cm³/mol. The van der Waals surface area contributed by atoms with Crippen molar-refractivity contribution in [2.45, 2.75) is 6.61 Å². The molecule has 2 aromatic rings. The van der Waals surface area contributed by atoms with Crippen LogP contribution in [0.3, 0.4) is 0 Å². The number of halogens is 1. The average Bonchev–Trinajstić information content (AvgIpc) is 3.06. The molecule has 2 heterocycles. The molecule has 1 atom stereocenters. The van der Waals surface area contributed by atoms with E-state index in [0.29, 0.717) is 6.61 Å².